The largest absolute Gasteiger partial charge is 0.303 e. The molecule has 0 fully saturated rings. The van der Waals surface area contributed by atoms with E-state index in [2.05, 4.69) is 10.2 Å². The molecular weight excluding hydrogens is 286 g/mol. The zero-order valence-corrected chi connectivity index (χ0v) is 11.4. The summed E-state index contributed by atoms with van der Waals surface area (Å²) in [6.07, 6.45) is 2.72. The van der Waals surface area contributed by atoms with E-state index in [1.54, 1.807) is 0 Å². The number of para-hydroxylation sites is 1. The lowest BCUT2D eigenvalue weighted by Gasteiger charge is -2.02. The zero-order chi connectivity index (χ0) is 15.5. The lowest BCUT2D eigenvalue weighted by atomic mass is 10.3. The van der Waals surface area contributed by atoms with E-state index in [0.717, 1.165) is 5.69 Å². The maximum atomic E-state index is 11.8. The van der Waals surface area contributed by atoms with Gasteiger partial charge >= 0.3 is 0 Å². The normalized spacial score (nSPS) is 10.5. The second-order valence-electron chi connectivity index (χ2n) is 4.57. The molecule has 0 spiro atoms. The predicted molar refractivity (Wildman–Crippen MR) is 77.8 cm³/mol. The number of aromatic nitrogens is 4. The molecule has 0 saturated heterocycles. The molecule has 0 unspecified atom stereocenters. The van der Waals surface area contributed by atoms with Gasteiger partial charge in [0.2, 0.25) is 0 Å². The third-order valence-electron chi connectivity index (χ3n) is 3.04. The van der Waals surface area contributed by atoms with Crippen LogP contribution in [0.2, 0.25) is 0 Å². The molecule has 3 aromatic rings. The van der Waals surface area contributed by atoms with Crippen LogP contribution in [0.4, 0.5) is 5.69 Å². The number of nitrogens with zero attached hydrogens (tertiary/aromatic N) is 5. The molecule has 22 heavy (non-hydrogen) atoms. The Morgan fingerprint density at radius 1 is 1.14 bits per heavy atom. The van der Waals surface area contributed by atoms with Crippen molar-refractivity contribution in [1.82, 2.24) is 19.6 Å². The maximum Gasteiger partial charge on any atom is 0.285 e. The fourth-order valence-corrected chi connectivity index (χ4v) is 1.98. The van der Waals surface area contributed by atoms with Crippen LogP contribution in [0.3, 0.4) is 0 Å². The van der Waals surface area contributed by atoms with E-state index < -0.39 is 4.92 Å². The molecule has 0 radical (unpaired) electrons. The number of nitro groups is 1. The summed E-state index contributed by atoms with van der Waals surface area (Å²) >= 11 is 0. The molecule has 0 saturated carbocycles. The van der Waals surface area contributed by atoms with Crippen molar-refractivity contribution in [3.05, 3.63) is 81.0 Å². The van der Waals surface area contributed by atoms with Gasteiger partial charge in [0, 0.05) is 12.1 Å². The zero-order valence-electron chi connectivity index (χ0n) is 11.4. The number of hydrogen-bond acceptors (Lipinski definition) is 5. The molecule has 1 aromatic carbocycles. The van der Waals surface area contributed by atoms with Gasteiger partial charge in [0.15, 0.2) is 0 Å². The van der Waals surface area contributed by atoms with Gasteiger partial charge in [-0.15, -0.1) is 0 Å². The van der Waals surface area contributed by atoms with Crippen LogP contribution >= 0.6 is 0 Å². The third kappa shape index (κ3) is 2.75. The van der Waals surface area contributed by atoms with Crippen molar-refractivity contribution in [3.8, 4) is 5.69 Å². The number of pyridine rings is 1. The predicted octanol–water partition coefficient (Wildman–Crippen LogP) is 1.39. The highest BCUT2D eigenvalue weighted by Crippen LogP contribution is 2.08. The van der Waals surface area contributed by atoms with Gasteiger partial charge in [-0.3, -0.25) is 14.9 Å². The molecule has 8 nitrogen and oxygen atoms in total. The summed E-state index contributed by atoms with van der Waals surface area (Å²) in [5, 5.41) is 19.2. The standard InChI is InChI=1S/C14H11N5O3/c20-14-7-6-13(19(21)22)10-17(14)9-11-8-15-18(16-11)12-4-2-1-3-5-12/h1-8,10H,9H2. The highest BCUT2D eigenvalue weighted by Gasteiger charge is 2.10. The fourth-order valence-electron chi connectivity index (χ4n) is 1.98. The minimum atomic E-state index is -0.545. The molecule has 8 heteroatoms. The molecule has 2 heterocycles. The van der Waals surface area contributed by atoms with Gasteiger partial charge in [-0.2, -0.15) is 15.0 Å². The molecule has 0 aliphatic carbocycles. The summed E-state index contributed by atoms with van der Waals surface area (Å²) in [4.78, 5) is 23.4. The Hall–Kier alpha value is -3.29. The summed E-state index contributed by atoms with van der Waals surface area (Å²) in [6.45, 7) is 0.118. The van der Waals surface area contributed by atoms with Gasteiger partial charge in [0.05, 0.1) is 29.5 Å². The minimum absolute atomic E-state index is 0.118. The van der Waals surface area contributed by atoms with Crippen LogP contribution in [0.15, 0.2) is 59.7 Å². The first-order valence-corrected chi connectivity index (χ1v) is 6.45. The fraction of sp³-hybridized carbons (Fsp3) is 0.0714. The van der Waals surface area contributed by atoms with Gasteiger partial charge in [-0.25, -0.2) is 0 Å². The van der Waals surface area contributed by atoms with Crippen LogP contribution in [0.1, 0.15) is 5.69 Å². The Morgan fingerprint density at radius 3 is 2.64 bits per heavy atom. The van der Waals surface area contributed by atoms with Crippen molar-refractivity contribution < 1.29 is 4.92 Å². The molecule has 2 aromatic heterocycles. The highest BCUT2D eigenvalue weighted by molar-refractivity contribution is 5.28. The Morgan fingerprint density at radius 2 is 1.91 bits per heavy atom. The average molecular weight is 297 g/mol. The van der Waals surface area contributed by atoms with Gasteiger partial charge < -0.3 is 4.57 Å². The molecule has 0 N–H and O–H groups in total. The lowest BCUT2D eigenvalue weighted by Crippen LogP contribution is -2.19. The van der Waals surface area contributed by atoms with Crippen molar-refractivity contribution in [2.45, 2.75) is 6.54 Å². The Bertz CT molecular complexity index is 869. The first-order valence-electron chi connectivity index (χ1n) is 6.45. The second kappa shape index (κ2) is 5.60. The van der Waals surface area contributed by atoms with Gasteiger partial charge in [-0.05, 0) is 12.1 Å². The first-order chi connectivity index (χ1) is 10.6. The third-order valence-corrected chi connectivity index (χ3v) is 3.04. The molecule has 110 valence electrons. The van der Waals surface area contributed by atoms with Gasteiger partial charge in [0.25, 0.3) is 11.2 Å². The first kappa shape index (κ1) is 13.7. The summed E-state index contributed by atoms with van der Waals surface area (Å²) in [5.74, 6) is 0. The number of hydrogen-bond donors (Lipinski definition) is 0. The van der Waals surface area contributed by atoms with E-state index in [-0.39, 0.29) is 17.8 Å². The van der Waals surface area contributed by atoms with Crippen LogP contribution in [0.25, 0.3) is 5.69 Å². The summed E-state index contributed by atoms with van der Waals surface area (Å²) in [5.41, 5.74) is 0.849. The van der Waals surface area contributed by atoms with E-state index >= 15 is 0 Å². The van der Waals surface area contributed by atoms with E-state index in [4.69, 9.17) is 0 Å². The minimum Gasteiger partial charge on any atom is -0.303 e. The molecule has 3 rings (SSSR count). The summed E-state index contributed by atoms with van der Waals surface area (Å²) < 4.78 is 1.23. The van der Waals surface area contributed by atoms with Crippen LogP contribution in [-0.2, 0) is 6.54 Å². The molecule has 0 atom stereocenters. The van der Waals surface area contributed by atoms with E-state index in [1.807, 2.05) is 30.3 Å². The summed E-state index contributed by atoms with van der Waals surface area (Å²) in [6, 6.07) is 11.7. The van der Waals surface area contributed by atoms with Crippen LogP contribution in [0.5, 0.6) is 0 Å². The highest BCUT2D eigenvalue weighted by atomic mass is 16.6. The molecular formula is C14H11N5O3. The Labute approximate surface area is 124 Å². The monoisotopic (exact) mass is 297 g/mol. The number of benzene rings is 1. The smallest absolute Gasteiger partial charge is 0.285 e. The topological polar surface area (TPSA) is 95.8 Å². The molecule has 0 amide bonds. The van der Waals surface area contributed by atoms with Crippen LogP contribution in [-0.4, -0.2) is 24.5 Å². The van der Waals surface area contributed by atoms with Crippen molar-refractivity contribution in [1.29, 1.82) is 0 Å². The number of rotatable bonds is 4. The quantitative estimate of drug-likeness (QED) is 0.535. The van der Waals surface area contributed by atoms with Crippen LogP contribution in [0, 0.1) is 10.1 Å². The van der Waals surface area contributed by atoms with E-state index in [9.17, 15) is 14.9 Å². The van der Waals surface area contributed by atoms with Crippen LogP contribution < -0.4 is 5.56 Å². The van der Waals surface area contributed by atoms with Crippen molar-refractivity contribution >= 4 is 5.69 Å². The average Bonchev–Trinajstić information content (AvgIpc) is 2.99. The SMILES string of the molecule is O=c1ccc([N+](=O)[O-])cn1Cc1cnn(-c2ccccc2)n1. The summed E-state index contributed by atoms with van der Waals surface area (Å²) in [7, 11) is 0. The van der Waals surface area contributed by atoms with E-state index in [0.29, 0.717) is 5.69 Å². The van der Waals surface area contributed by atoms with E-state index in [1.165, 1.54) is 33.9 Å². The lowest BCUT2D eigenvalue weighted by molar-refractivity contribution is -0.385. The Kier molecular flexibility index (Phi) is 3.48. The van der Waals surface area contributed by atoms with Crippen molar-refractivity contribution in [2.75, 3.05) is 0 Å². The van der Waals surface area contributed by atoms with Gasteiger partial charge in [0.1, 0.15) is 5.69 Å². The molecule has 0 aliphatic heterocycles. The van der Waals surface area contributed by atoms with Gasteiger partial charge in [-0.1, -0.05) is 18.2 Å². The maximum absolute atomic E-state index is 11.8. The molecule has 0 bridgehead atoms. The second-order valence-corrected chi connectivity index (χ2v) is 4.57. The molecule has 0 aliphatic rings. The van der Waals surface area contributed by atoms with Crippen molar-refractivity contribution in [2.24, 2.45) is 0 Å². The Balaban J connectivity index is 1.88. The van der Waals surface area contributed by atoms with Crippen molar-refractivity contribution in [3.63, 3.8) is 0 Å².